The Bertz CT molecular complexity index is 1230. The highest BCUT2D eigenvalue weighted by Crippen LogP contribution is 2.36. The second-order valence-corrected chi connectivity index (χ2v) is 9.04. The van der Waals surface area contributed by atoms with Gasteiger partial charge in [-0.2, -0.15) is 0 Å². The average Bonchev–Trinajstić information content (AvgIpc) is 3.44. The summed E-state index contributed by atoms with van der Waals surface area (Å²) in [5, 5.41) is 0.716. The van der Waals surface area contributed by atoms with E-state index >= 15 is 0 Å². The van der Waals surface area contributed by atoms with E-state index < -0.39 is 0 Å². The van der Waals surface area contributed by atoms with Crippen LogP contribution in [-0.4, -0.2) is 34.1 Å². The number of hydrogen-bond donors (Lipinski definition) is 0. The fourth-order valence-electron chi connectivity index (χ4n) is 3.84. The fourth-order valence-corrected chi connectivity index (χ4v) is 4.93. The smallest absolute Gasteiger partial charge is 0.233 e. The number of anilines is 1. The lowest BCUT2D eigenvalue weighted by Gasteiger charge is -2.20. The van der Waals surface area contributed by atoms with Crippen molar-refractivity contribution in [1.29, 1.82) is 0 Å². The number of rotatable bonds is 8. The van der Waals surface area contributed by atoms with Gasteiger partial charge in [-0.3, -0.25) is 9.69 Å². The van der Waals surface area contributed by atoms with Crippen molar-refractivity contribution >= 4 is 32.6 Å². The van der Waals surface area contributed by atoms with Crippen LogP contribution >= 0.6 is 11.3 Å². The number of thiazole rings is 1. The molecule has 0 radical (unpaired) electrons. The standard InChI is InChI=1S/C25H28N4O2S/c1-17-6-8-20(19(3)14-17)15-22(30)29(12-5-11-28-13-10-26-16-28)25-27-23-21(31-4)9-7-18(2)24(23)32-25/h6-10,13-14,16H,5,11-12,15H2,1-4H3. The van der Waals surface area contributed by atoms with E-state index in [0.717, 1.165) is 45.6 Å². The molecule has 0 atom stereocenters. The van der Waals surface area contributed by atoms with Crippen LogP contribution in [0.2, 0.25) is 0 Å². The van der Waals surface area contributed by atoms with Gasteiger partial charge >= 0.3 is 0 Å². The first-order valence-corrected chi connectivity index (χ1v) is 11.5. The Morgan fingerprint density at radius 3 is 2.72 bits per heavy atom. The van der Waals surface area contributed by atoms with Crippen LogP contribution in [0.4, 0.5) is 5.13 Å². The highest BCUT2D eigenvalue weighted by Gasteiger charge is 2.22. The second-order valence-electron chi connectivity index (χ2n) is 8.07. The third kappa shape index (κ3) is 4.67. The van der Waals surface area contributed by atoms with E-state index in [0.29, 0.717) is 18.1 Å². The number of carbonyl (C=O) groups excluding carboxylic acids is 1. The Kier molecular flexibility index (Phi) is 6.55. The molecule has 6 nitrogen and oxygen atoms in total. The molecule has 1 amide bonds. The maximum Gasteiger partial charge on any atom is 0.233 e. The van der Waals surface area contributed by atoms with E-state index in [-0.39, 0.29) is 5.91 Å². The van der Waals surface area contributed by atoms with Gasteiger partial charge in [0, 0.05) is 25.5 Å². The quantitative estimate of drug-likeness (QED) is 0.377. The zero-order chi connectivity index (χ0) is 22.7. The molecule has 2 aromatic heterocycles. The molecule has 0 aliphatic carbocycles. The first kappa shape index (κ1) is 22.0. The molecule has 7 heteroatoms. The maximum absolute atomic E-state index is 13.5. The molecule has 4 aromatic rings. The van der Waals surface area contributed by atoms with Gasteiger partial charge in [-0.25, -0.2) is 9.97 Å². The molecule has 2 heterocycles. The number of imidazole rings is 1. The highest BCUT2D eigenvalue weighted by molar-refractivity contribution is 7.22. The Hall–Kier alpha value is -3.19. The summed E-state index contributed by atoms with van der Waals surface area (Å²) in [7, 11) is 1.65. The average molecular weight is 449 g/mol. The highest BCUT2D eigenvalue weighted by atomic mass is 32.1. The molecule has 0 aliphatic rings. The molecule has 4 rings (SSSR count). The van der Waals surface area contributed by atoms with E-state index in [4.69, 9.17) is 9.72 Å². The number of fused-ring (bicyclic) bond motifs is 1. The van der Waals surface area contributed by atoms with Crippen LogP contribution in [0, 0.1) is 20.8 Å². The third-order valence-corrected chi connectivity index (χ3v) is 6.85. The Labute approximate surface area is 192 Å². The largest absolute Gasteiger partial charge is 0.494 e. The van der Waals surface area contributed by atoms with E-state index in [1.807, 2.05) is 27.8 Å². The van der Waals surface area contributed by atoms with Gasteiger partial charge < -0.3 is 9.30 Å². The fraction of sp³-hybridized carbons (Fsp3) is 0.320. The number of amides is 1. The lowest BCUT2D eigenvalue weighted by Crippen LogP contribution is -2.33. The molecule has 0 aliphatic heterocycles. The molecule has 0 unspecified atom stereocenters. The summed E-state index contributed by atoms with van der Waals surface area (Å²) >= 11 is 1.55. The van der Waals surface area contributed by atoms with Crippen molar-refractivity contribution in [3.8, 4) is 5.75 Å². The lowest BCUT2D eigenvalue weighted by molar-refractivity contribution is -0.118. The monoisotopic (exact) mass is 448 g/mol. The van der Waals surface area contributed by atoms with Crippen LogP contribution in [0.1, 0.15) is 28.7 Å². The molecule has 166 valence electrons. The molecule has 0 bridgehead atoms. The van der Waals surface area contributed by atoms with Crippen LogP contribution in [0.5, 0.6) is 5.75 Å². The zero-order valence-electron chi connectivity index (χ0n) is 19.0. The van der Waals surface area contributed by atoms with Gasteiger partial charge in [0.15, 0.2) is 5.13 Å². The molecular weight excluding hydrogens is 420 g/mol. The molecule has 32 heavy (non-hydrogen) atoms. The summed E-state index contributed by atoms with van der Waals surface area (Å²) in [6.45, 7) is 7.57. The number of nitrogens with zero attached hydrogens (tertiary/aromatic N) is 4. The molecular formula is C25H28N4O2S. The van der Waals surface area contributed by atoms with Crippen molar-refractivity contribution in [1.82, 2.24) is 14.5 Å². The minimum absolute atomic E-state index is 0.0539. The number of methoxy groups -OCH3 is 1. The summed E-state index contributed by atoms with van der Waals surface area (Å²) < 4.78 is 8.60. The van der Waals surface area contributed by atoms with Gasteiger partial charge in [0.25, 0.3) is 0 Å². The van der Waals surface area contributed by atoms with Crippen molar-refractivity contribution < 1.29 is 9.53 Å². The zero-order valence-corrected chi connectivity index (χ0v) is 19.8. The van der Waals surface area contributed by atoms with Crippen LogP contribution in [0.15, 0.2) is 49.1 Å². The number of hydrogen-bond acceptors (Lipinski definition) is 5. The van der Waals surface area contributed by atoms with Gasteiger partial charge in [-0.05, 0) is 49.9 Å². The molecule has 2 aromatic carbocycles. The van der Waals surface area contributed by atoms with Crippen molar-refractivity contribution in [2.45, 2.75) is 40.2 Å². The van der Waals surface area contributed by atoms with Crippen LogP contribution < -0.4 is 9.64 Å². The SMILES string of the molecule is COc1ccc(C)c2sc(N(CCCn3ccnc3)C(=O)Cc3ccc(C)cc3C)nc12. The number of carbonyl (C=O) groups is 1. The number of aromatic nitrogens is 3. The van der Waals surface area contributed by atoms with Crippen molar-refractivity contribution in [2.75, 3.05) is 18.6 Å². The van der Waals surface area contributed by atoms with E-state index in [1.165, 1.54) is 5.56 Å². The van der Waals surface area contributed by atoms with Crippen LogP contribution in [0.25, 0.3) is 10.2 Å². The second kappa shape index (κ2) is 9.53. The van der Waals surface area contributed by atoms with Gasteiger partial charge in [0.1, 0.15) is 11.3 Å². The Morgan fingerprint density at radius 1 is 1.16 bits per heavy atom. The van der Waals surface area contributed by atoms with Crippen molar-refractivity contribution in [2.24, 2.45) is 0 Å². The summed E-state index contributed by atoms with van der Waals surface area (Å²) in [5.74, 6) is 0.784. The normalized spacial score (nSPS) is 11.1. The van der Waals surface area contributed by atoms with Gasteiger partial charge in [-0.15, -0.1) is 0 Å². The molecule has 0 saturated heterocycles. The molecule has 0 saturated carbocycles. The summed E-state index contributed by atoms with van der Waals surface area (Å²) in [4.78, 5) is 24.3. The van der Waals surface area contributed by atoms with Gasteiger partial charge in [0.2, 0.25) is 5.91 Å². The summed E-state index contributed by atoms with van der Waals surface area (Å²) in [5.41, 5.74) is 5.33. The van der Waals surface area contributed by atoms with Crippen molar-refractivity contribution in [3.63, 3.8) is 0 Å². The Morgan fingerprint density at radius 2 is 2.00 bits per heavy atom. The van der Waals surface area contributed by atoms with Gasteiger partial charge in [-0.1, -0.05) is 41.2 Å². The topological polar surface area (TPSA) is 60.2 Å². The van der Waals surface area contributed by atoms with Crippen LogP contribution in [-0.2, 0) is 17.8 Å². The molecule has 0 spiro atoms. The first-order valence-electron chi connectivity index (χ1n) is 10.7. The number of benzene rings is 2. The first-order chi connectivity index (χ1) is 15.5. The van der Waals surface area contributed by atoms with Crippen molar-refractivity contribution in [3.05, 3.63) is 71.3 Å². The summed E-state index contributed by atoms with van der Waals surface area (Å²) in [6.07, 6.45) is 6.66. The Balaban J connectivity index is 1.64. The third-order valence-electron chi connectivity index (χ3n) is 5.64. The number of ether oxygens (including phenoxy) is 1. The predicted molar refractivity (Wildman–Crippen MR) is 130 cm³/mol. The molecule has 0 fully saturated rings. The van der Waals surface area contributed by atoms with E-state index in [9.17, 15) is 4.79 Å². The van der Waals surface area contributed by atoms with Crippen LogP contribution in [0.3, 0.4) is 0 Å². The lowest BCUT2D eigenvalue weighted by atomic mass is 10.0. The van der Waals surface area contributed by atoms with Gasteiger partial charge in [0.05, 0.1) is 24.6 Å². The maximum atomic E-state index is 13.5. The molecule has 0 N–H and O–H groups in total. The van der Waals surface area contributed by atoms with E-state index in [1.54, 1.807) is 31.0 Å². The summed E-state index contributed by atoms with van der Waals surface area (Å²) in [6, 6.07) is 10.2. The predicted octanol–water partition coefficient (Wildman–Crippen LogP) is 5.09. The number of aryl methyl sites for hydroxylation is 4. The minimum Gasteiger partial charge on any atom is -0.494 e. The minimum atomic E-state index is 0.0539. The van der Waals surface area contributed by atoms with E-state index in [2.05, 4.69) is 44.0 Å².